The Morgan fingerprint density at radius 3 is 2.90 bits per heavy atom. The number of carbonyl (C=O) groups excluding carboxylic acids is 1. The van der Waals surface area contributed by atoms with E-state index in [0.717, 1.165) is 18.4 Å². The van der Waals surface area contributed by atoms with Gasteiger partial charge in [0.1, 0.15) is 0 Å². The molecule has 1 amide bonds. The Balaban J connectivity index is 1.79. The van der Waals surface area contributed by atoms with Gasteiger partial charge in [-0.15, -0.1) is 0 Å². The number of amides is 1. The summed E-state index contributed by atoms with van der Waals surface area (Å²) >= 11 is 0. The molecule has 0 aliphatic rings. The van der Waals surface area contributed by atoms with Crippen LogP contribution < -0.4 is 5.32 Å². The van der Waals surface area contributed by atoms with Crippen molar-refractivity contribution in [3.63, 3.8) is 0 Å². The molecule has 0 saturated carbocycles. The first-order valence-corrected chi connectivity index (χ1v) is 7.25. The zero-order chi connectivity index (χ0) is 15.3. The van der Waals surface area contributed by atoms with E-state index in [1.165, 1.54) is 10.9 Å². The Bertz CT molecular complexity index is 664. The summed E-state index contributed by atoms with van der Waals surface area (Å²) in [6.07, 6.45) is 4.18. The van der Waals surface area contributed by atoms with Crippen LogP contribution in [0.4, 0.5) is 0 Å². The van der Waals surface area contributed by atoms with Crippen molar-refractivity contribution in [3.05, 3.63) is 36.0 Å². The second-order valence-electron chi connectivity index (χ2n) is 5.99. The topological polar surface area (TPSA) is 68.7 Å². The second kappa shape index (κ2) is 6.45. The standard InChI is InChI=1S/C17H21N3O/c1-17(2,11-18)12-20-16(21)9-5-6-13-10-19-15-8-4-3-7-14(13)15/h3-4,7-8,10,19H,5-6,9,12H2,1-2H3,(H,20,21). The first-order chi connectivity index (χ1) is 10.0. The van der Waals surface area contributed by atoms with Crippen LogP contribution in [-0.4, -0.2) is 17.4 Å². The van der Waals surface area contributed by atoms with E-state index in [-0.39, 0.29) is 5.91 Å². The van der Waals surface area contributed by atoms with Crippen LogP contribution in [-0.2, 0) is 11.2 Å². The highest BCUT2D eigenvalue weighted by Gasteiger charge is 2.17. The first-order valence-electron chi connectivity index (χ1n) is 7.25. The van der Waals surface area contributed by atoms with Crippen molar-refractivity contribution < 1.29 is 4.79 Å². The monoisotopic (exact) mass is 283 g/mol. The maximum absolute atomic E-state index is 11.8. The Morgan fingerprint density at radius 2 is 2.14 bits per heavy atom. The van der Waals surface area contributed by atoms with Gasteiger partial charge in [-0.25, -0.2) is 0 Å². The summed E-state index contributed by atoms with van der Waals surface area (Å²) in [6, 6.07) is 10.4. The number of fused-ring (bicyclic) bond motifs is 1. The van der Waals surface area contributed by atoms with Gasteiger partial charge in [0.05, 0.1) is 11.5 Å². The van der Waals surface area contributed by atoms with E-state index in [4.69, 9.17) is 5.26 Å². The lowest BCUT2D eigenvalue weighted by molar-refractivity contribution is -0.121. The van der Waals surface area contributed by atoms with Crippen molar-refractivity contribution in [2.75, 3.05) is 6.54 Å². The number of nitriles is 1. The van der Waals surface area contributed by atoms with Crippen LogP contribution in [0.15, 0.2) is 30.5 Å². The van der Waals surface area contributed by atoms with Gasteiger partial charge in [-0.05, 0) is 38.3 Å². The van der Waals surface area contributed by atoms with Gasteiger partial charge >= 0.3 is 0 Å². The fourth-order valence-corrected chi connectivity index (χ4v) is 2.23. The van der Waals surface area contributed by atoms with Gasteiger partial charge in [0, 0.05) is 30.1 Å². The number of nitrogens with one attached hydrogen (secondary N) is 2. The molecule has 1 aromatic heterocycles. The van der Waals surface area contributed by atoms with Crippen LogP contribution in [0.2, 0.25) is 0 Å². The molecule has 0 spiro atoms. The van der Waals surface area contributed by atoms with E-state index in [1.54, 1.807) is 0 Å². The highest BCUT2D eigenvalue weighted by atomic mass is 16.1. The molecule has 0 unspecified atom stereocenters. The van der Waals surface area contributed by atoms with Gasteiger partial charge in [-0.2, -0.15) is 5.26 Å². The average Bonchev–Trinajstić information content (AvgIpc) is 2.89. The number of aromatic amines is 1. The minimum atomic E-state index is -0.507. The highest BCUT2D eigenvalue weighted by Crippen LogP contribution is 2.19. The lowest BCUT2D eigenvalue weighted by atomic mass is 9.96. The smallest absolute Gasteiger partial charge is 0.220 e. The number of aromatic nitrogens is 1. The number of benzene rings is 1. The molecule has 21 heavy (non-hydrogen) atoms. The number of hydrogen-bond acceptors (Lipinski definition) is 2. The molecule has 1 aromatic carbocycles. The summed E-state index contributed by atoms with van der Waals surface area (Å²) < 4.78 is 0. The minimum absolute atomic E-state index is 0.0122. The van der Waals surface area contributed by atoms with E-state index in [9.17, 15) is 4.79 Å². The van der Waals surface area contributed by atoms with Gasteiger partial charge in [0.15, 0.2) is 0 Å². The summed E-state index contributed by atoms with van der Waals surface area (Å²) in [7, 11) is 0. The normalized spacial score (nSPS) is 11.3. The molecule has 0 saturated heterocycles. The second-order valence-corrected chi connectivity index (χ2v) is 5.99. The third kappa shape index (κ3) is 4.09. The van der Waals surface area contributed by atoms with Gasteiger partial charge in [-0.1, -0.05) is 18.2 Å². The third-order valence-corrected chi connectivity index (χ3v) is 3.56. The predicted molar refractivity (Wildman–Crippen MR) is 83.6 cm³/mol. The lowest BCUT2D eigenvalue weighted by Gasteiger charge is -2.15. The van der Waals surface area contributed by atoms with Crippen molar-refractivity contribution >= 4 is 16.8 Å². The minimum Gasteiger partial charge on any atom is -0.361 e. The van der Waals surface area contributed by atoms with Crippen LogP contribution in [0.25, 0.3) is 10.9 Å². The van der Waals surface area contributed by atoms with Crippen molar-refractivity contribution in [2.45, 2.75) is 33.1 Å². The molecule has 4 heteroatoms. The molecule has 2 rings (SSSR count). The number of H-pyrrole nitrogens is 1. The van der Waals surface area contributed by atoms with Gasteiger partial charge in [0.2, 0.25) is 5.91 Å². The van der Waals surface area contributed by atoms with Crippen LogP contribution in [0.1, 0.15) is 32.3 Å². The molecular weight excluding hydrogens is 262 g/mol. The summed E-state index contributed by atoms with van der Waals surface area (Å²) in [6.45, 7) is 4.04. The van der Waals surface area contributed by atoms with E-state index < -0.39 is 5.41 Å². The van der Waals surface area contributed by atoms with Crippen LogP contribution in [0, 0.1) is 16.7 Å². The molecule has 0 fully saturated rings. The Kier molecular flexibility index (Phi) is 4.64. The molecule has 0 bridgehead atoms. The Hall–Kier alpha value is -2.28. The first kappa shape index (κ1) is 15.1. The summed E-state index contributed by atoms with van der Waals surface area (Å²) in [5.41, 5.74) is 1.87. The molecule has 0 aliphatic carbocycles. The summed E-state index contributed by atoms with van der Waals surface area (Å²) in [5.74, 6) is 0.0122. The van der Waals surface area contributed by atoms with E-state index in [0.29, 0.717) is 13.0 Å². The third-order valence-electron chi connectivity index (χ3n) is 3.56. The van der Waals surface area contributed by atoms with Crippen LogP contribution >= 0.6 is 0 Å². The summed E-state index contributed by atoms with van der Waals surface area (Å²) in [5, 5.41) is 13.0. The van der Waals surface area contributed by atoms with Crippen molar-refractivity contribution in [2.24, 2.45) is 5.41 Å². The van der Waals surface area contributed by atoms with Gasteiger partial charge in [0.25, 0.3) is 0 Å². The largest absolute Gasteiger partial charge is 0.361 e. The van der Waals surface area contributed by atoms with Crippen molar-refractivity contribution in [3.8, 4) is 6.07 Å². The molecule has 4 nitrogen and oxygen atoms in total. The maximum atomic E-state index is 11.8. The molecule has 0 aliphatic heterocycles. The van der Waals surface area contributed by atoms with Crippen LogP contribution in [0.3, 0.4) is 0 Å². The summed E-state index contributed by atoms with van der Waals surface area (Å²) in [4.78, 5) is 15.0. The average molecular weight is 283 g/mol. The maximum Gasteiger partial charge on any atom is 0.220 e. The Morgan fingerprint density at radius 1 is 1.38 bits per heavy atom. The number of nitrogens with zero attached hydrogens (tertiary/aromatic N) is 1. The highest BCUT2D eigenvalue weighted by molar-refractivity contribution is 5.83. The quantitative estimate of drug-likeness (QED) is 0.855. The molecule has 0 atom stereocenters. The zero-order valence-corrected chi connectivity index (χ0v) is 12.6. The zero-order valence-electron chi connectivity index (χ0n) is 12.6. The van der Waals surface area contributed by atoms with Gasteiger partial charge < -0.3 is 10.3 Å². The van der Waals surface area contributed by atoms with E-state index >= 15 is 0 Å². The number of carbonyl (C=O) groups is 1. The molecule has 2 N–H and O–H groups in total. The van der Waals surface area contributed by atoms with E-state index in [1.807, 2.05) is 32.2 Å². The predicted octanol–water partition coefficient (Wildman–Crippen LogP) is 3.16. The number of hydrogen-bond donors (Lipinski definition) is 2. The molecule has 1 heterocycles. The fourth-order valence-electron chi connectivity index (χ4n) is 2.23. The molecule has 2 aromatic rings. The van der Waals surface area contributed by atoms with Gasteiger partial charge in [-0.3, -0.25) is 4.79 Å². The molecule has 110 valence electrons. The molecular formula is C17H21N3O. The molecule has 0 radical (unpaired) electrons. The van der Waals surface area contributed by atoms with Crippen molar-refractivity contribution in [1.29, 1.82) is 5.26 Å². The fraction of sp³-hybridized carbons (Fsp3) is 0.412. The SMILES string of the molecule is CC(C)(C#N)CNC(=O)CCCc1c[nH]c2ccccc12. The lowest BCUT2D eigenvalue weighted by Crippen LogP contribution is -2.32. The Labute approximate surface area is 125 Å². The van der Waals surface area contributed by atoms with Crippen LogP contribution in [0.5, 0.6) is 0 Å². The number of aryl methyl sites for hydroxylation is 1. The van der Waals surface area contributed by atoms with Crippen molar-refractivity contribution in [1.82, 2.24) is 10.3 Å². The number of rotatable bonds is 6. The van der Waals surface area contributed by atoms with E-state index in [2.05, 4.69) is 28.5 Å². The number of para-hydroxylation sites is 1.